The Balaban J connectivity index is 4.20. The van der Waals surface area contributed by atoms with Gasteiger partial charge in [-0.3, -0.25) is 0 Å². The summed E-state index contributed by atoms with van der Waals surface area (Å²) in [4.78, 5) is 0. The van der Waals surface area contributed by atoms with E-state index in [2.05, 4.69) is 5.32 Å². The number of ether oxygens (including phenoxy) is 1. The molecule has 0 atom stereocenters. The van der Waals surface area contributed by atoms with Crippen molar-refractivity contribution in [2.75, 3.05) is 39.1 Å². The van der Waals surface area contributed by atoms with Crippen molar-refractivity contribution in [2.24, 2.45) is 0 Å². The summed E-state index contributed by atoms with van der Waals surface area (Å²) in [6.07, 6.45) is 1.59. The van der Waals surface area contributed by atoms with Crippen LogP contribution in [0, 0.1) is 0 Å². The van der Waals surface area contributed by atoms with Gasteiger partial charge >= 0.3 is 0 Å². The van der Waals surface area contributed by atoms with E-state index in [4.69, 9.17) is 4.74 Å². The normalized spacial score (nSPS) is 12.6. The van der Waals surface area contributed by atoms with Crippen LogP contribution in [0.15, 0.2) is 0 Å². The third kappa shape index (κ3) is 7.31. The Morgan fingerprint density at radius 2 is 1.94 bits per heavy atom. The minimum atomic E-state index is -3.16. The fraction of sp³-hybridized carbons (Fsp3) is 1.00. The highest BCUT2D eigenvalue weighted by atomic mass is 32.2. The van der Waals surface area contributed by atoms with Crippen molar-refractivity contribution in [2.45, 2.75) is 39.7 Å². The van der Waals surface area contributed by atoms with E-state index in [0.717, 1.165) is 19.5 Å². The predicted molar refractivity (Wildman–Crippen MR) is 75.3 cm³/mol. The van der Waals surface area contributed by atoms with Crippen molar-refractivity contribution in [1.29, 1.82) is 0 Å². The highest BCUT2D eigenvalue weighted by Gasteiger charge is 2.23. The maximum absolute atomic E-state index is 12.2. The maximum atomic E-state index is 12.2. The molecule has 0 fully saturated rings. The Labute approximate surface area is 112 Å². The van der Waals surface area contributed by atoms with Gasteiger partial charge in [0.1, 0.15) is 0 Å². The fourth-order valence-corrected chi connectivity index (χ4v) is 3.53. The van der Waals surface area contributed by atoms with Crippen molar-refractivity contribution >= 4 is 10.0 Å². The van der Waals surface area contributed by atoms with Crippen LogP contribution in [-0.2, 0) is 14.8 Å². The number of hydrogen-bond acceptors (Lipinski definition) is 4. The van der Waals surface area contributed by atoms with Crippen LogP contribution < -0.4 is 5.32 Å². The minimum Gasteiger partial charge on any atom is -0.383 e. The van der Waals surface area contributed by atoms with Gasteiger partial charge in [-0.15, -0.1) is 0 Å². The Kier molecular flexibility index (Phi) is 9.63. The number of unbranched alkanes of at least 4 members (excludes halogenated alkanes) is 1. The average Bonchev–Trinajstić information content (AvgIpc) is 2.28. The van der Waals surface area contributed by atoms with E-state index in [9.17, 15) is 8.42 Å². The van der Waals surface area contributed by atoms with Crippen LogP contribution in [0.2, 0.25) is 0 Å². The van der Waals surface area contributed by atoms with Crippen LogP contribution in [0.1, 0.15) is 33.6 Å². The number of hydrogen-bond donors (Lipinski definition) is 1. The maximum Gasteiger partial charge on any atom is 0.214 e. The van der Waals surface area contributed by atoms with Gasteiger partial charge in [0.2, 0.25) is 10.0 Å². The molecule has 0 heterocycles. The van der Waals surface area contributed by atoms with Gasteiger partial charge in [0, 0.05) is 19.7 Å². The molecule has 0 rings (SSSR count). The number of methoxy groups -OCH3 is 1. The molecule has 0 amide bonds. The molecule has 0 spiro atoms. The lowest BCUT2D eigenvalue weighted by Crippen LogP contribution is -2.40. The average molecular weight is 280 g/mol. The molecule has 0 bridgehead atoms. The third-order valence-electron chi connectivity index (χ3n) is 2.70. The summed E-state index contributed by atoms with van der Waals surface area (Å²) in [5.74, 6) is 0.223. The number of sulfonamides is 1. The summed E-state index contributed by atoms with van der Waals surface area (Å²) < 4.78 is 30.8. The van der Waals surface area contributed by atoms with E-state index >= 15 is 0 Å². The van der Waals surface area contributed by atoms with Gasteiger partial charge in [0.15, 0.2) is 0 Å². The van der Waals surface area contributed by atoms with Crippen LogP contribution in [0.5, 0.6) is 0 Å². The highest BCUT2D eigenvalue weighted by Crippen LogP contribution is 2.09. The van der Waals surface area contributed by atoms with E-state index in [1.165, 1.54) is 4.31 Å². The summed E-state index contributed by atoms with van der Waals surface area (Å²) in [7, 11) is -1.57. The van der Waals surface area contributed by atoms with Gasteiger partial charge in [0.05, 0.1) is 12.4 Å². The summed E-state index contributed by atoms with van der Waals surface area (Å²) in [6, 6.07) is -0.0149. The Morgan fingerprint density at radius 1 is 1.28 bits per heavy atom. The molecule has 0 saturated carbocycles. The second-order valence-corrected chi connectivity index (χ2v) is 6.62. The van der Waals surface area contributed by atoms with Crippen molar-refractivity contribution < 1.29 is 13.2 Å². The number of nitrogens with zero attached hydrogens (tertiary/aromatic N) is 1. The molecule has 1 N–H and O–H groups in total. The first kappa shape index (κ1) is 17.8. The molecule has 18 heavy (non-hydrogen) atoms. The van der Waals surface area contributed by atoms with Crippen molar-refractivity contribution in [3.05, 3.63) is 0 Å². The minimum absolute atomic E-state index is 0.0149. The van der Waals surface area contributed by atoms with Gasteiger partial charge in [-0.1, -0.05) is 6.92 Å². The zero-order chi connectivity index (χ0) is 14.0. The van der Waals surface area contributed by atoms with Gasteiger partial charge in [0.25, 0.3) is 0 Å². The zero-order valence-corrected chi connectivity index (χ0v) is 12.9. The first-order valence-corrected chi connectivity index (χ1v) is 8.25. The van der Waals surface area contributed by atoms with Crippen LogP contribution in [0.4, 0.5) is 0 Å². The Bertz CT molecular complexity index is 292. The SMILES string of the molecule is CCNCCCCS(=O)(=O)N(CCOC)C(C)C. The molecule has 0 aromatic heterocycles. The molecule has 0 aliphatic heterocycles. The summed E-state index contributed by atoms with van der Waals surface area (Å²) in [6.45, 7) is 8.52. The molecule has 5 nitrogen and oxygen atoms in total. The molecular formula is C12H28N2O3S. The molecular weight excluding hydrogens is 252 g/mol. The largest absolute Gasteiger partial charge is 0.383 e. The lowest BCUT2D eigenvalue weighted by atomic mass is 10.3. The van der Waals surface area contributed by atoms with Crippen LogP contribution >= 0.6 is 0 Å². The van der Waals surface area contributed by atoms with Gasteiger partial charge in [-0.05, 0) is 39.8 Å². The second kappa shape index (κ2) is 9.72. The lowest BCUT2D eigenvalue weighted by Gasteiger charge is -2.25. The third-order valence-corrected chi connectivity index (χ3v) is 4.83. The Hall–Kier alpha value is -0.170. The van der Waals surface area contributed by atoms with E-state index in [0.29, 0.717) is 19.6 Å². The molecule has 0 aromatic rings. The van der Waals surface area contributed by atoms with Gasteiger partial charge < -0.3 is 10.1 Å². The van der Waals surface area contributed by atoms with Crippen molar-refractivity contribution in [3.8, 4) is 0 Å². The van der Waals surface area contributed by atoms with Gasteiger partial charge in [-0.2, -0.15) is 4.31 Å². The monoisotopic (exact) mass is 280 g/mol. The first-order valence-electron chi connectivity index (χ1n) is 6.64. The summed E-state index contributed by atoms with van der Waals surface area (Å²) in [5.41, 5.74) is 0. The standard InChI is InChI=1S/C12H28N2O3S/c1-5-13-8-6-7-11-18(15,16)14(12(2)3)9-10-17-4/h12-13H,5-11H2,1-4H3. The van der Waals surface area contributed by atoms with Crippen LogP contribution in [0.25, 0.3) is 0 Å². The molecule has 0 radical (unpaired) electrons. The molecule has 0 unspecified atom stereocenters. The van der Waals surface area contributed by atoms with Crippen molar-refractivity contribution in [3.63, 3.8) is 0 Å². The number of rotatable bonds is 11. The fourth-order valence-electron chi connectivity index (χ4n) is 1.73. The zero-order valence-electron chi connectivity index (χ0n) is 12.1. The van der Waals surface area contributed by atoms with Crippen molar-refractivity contribution in [1.82, 2.24) is 9.62 Å². The summed E-state index contributed by atoms with van der Waals surface area (Å²) >= 11 is 0. The quantitative estimate of drug-likeness (QED) is 0.575. The number of nitrogens with one attached hydrogen (secondary N) is 1. The molecule has 0 aliphatic carbocycles. The van der Waals surface area contributed by atoms with E-state index in [-0.39, 0.29) is 11.8 Å². The molecule has 110 valence electrons. The van der Waals surface area contributed by atoms with E-state index in [1.54, 1.807) is 7.11 Å². The molecule has 6 heteroatoms. The molecule has 0 aromatic carbocycles. The predicted octanol–water partition coefficient (Wildman–Crippen LogP) is 1.06. The molecule has 0 saturated heterocycles. The van der Waals surface area contributed by atoms with E-state index in [1.807, 2.05) is 20.8 Å². The van der Waals surface area contributed by atoms with Crippen LogP contribution in [-0.4, -0.2) is 57.9 Å². The first-order chi connectivity index (χ1) is 8.45. The van der Waals surface area contributed by atoms with Crippen LogP contribution in [0.3, 0.4) is 0 Å². The molecule has 0 aliphatic rings. The Morgan fingerprint density at radius 3 is 2.44 bits per heavy atom. The summed E-state index contributed by atoms with van der Waals surface area (Å²) in [5, 5.41) is 3.19. The lowest BCUT2D eigenvalue weighted by molar-refractivity contribution is 0.171. The topological polar surface area (TPSA) is 58.6 Å². The van der Waals surface area contributed by atoms with Gasteiger partial charge in [-0.25, -0.2) is 8.42 Å². The highest BCUT2D eigenvalue weighted by molar-refractivity contribution is 7.89. The second-order valence-electron chi connectivity index (χ2n) is 4.57. The smallest absolute Gasteiger partial charge is 0.214 e. The van der Waals surface area contributed by atoms with E-state index < -0.39 is 10.0 Å².